The second kappa shape index (κ2) is 6.80. The van der Waals surface area contributed by atoms with E-state index in [9.17, 15) is 8.42 Å². The summed E-state index contributed by atoms with van der Waals surface area (Å²) in [5.74, 6) is 0.402. The molecular formula is C9H20BrNO2S. The normalized spacial score (nSPS) is 14.6. The first-order valence-corrected chi connectivity index (χ1v) is 7.51. The lowest BCUT2D eigenvalue weighted by atomic mass is 10.2. The highest BCUT2D eigenvalue weighted by molar-refractivity contribution is 9.09. The van der Waals surface area contributed by atoms with Crippen molar-refractivity contribution in [2.45, 2.75) is 38.4 Å². The van der Waals surface area contributed by atoms with Crippen LogP contribution in [0.2, 0.25) is 0 Å². The quantitative estimate of drug-likeness (QED) is 0.575. The van der Waals surface area contributed by atoms with Crippen molar-refractivity contribution in [2.75, 3.05) is 12.3 Å². The van der Waals surface area contributed by atoms with Crippen LogP contribution < -0.4 is 4.72 Å². The highest BCUT2D eigenvalue weighted by Gasteiger charge is 2.11. The Labute approximate surface area is 95.8 Å². The molecule has 0 aliphatic rings. The fourth-order valence-electron chi connectivity index (χ4n) is 1.11. The van der Waals surface area contributed by atoms with Crippen LogP contribution in [0.1, 0.15) is 33.6 Å². The van der Waals surface area contributed by atoms with Crippen molar-refractivity contribution in [3.63, 3.8) is 0 Å². The molecule has 0 aliphatic heterocycles. The molecule has 0 saturated heterocycles. The van der Waals surface area contributed by atoms with Crippen molar-refractivity contribution in [3.8, 4) is 0 Å². The Morgan fingerprint density at radius 1 is 1.29 bits per heavy atom. The number of rotatable bonds is 7. The van der Waals surface area contributed by atoms with Gasteiger partial charge < -0.3 is 0 Å². The van der Waals surface area contributed by atoms with E-state index in [-0.39, 0.29) is 11.7 Å². The molecule has 0 rings (SSSR count). The summed E-state index contributed by atoms with van der Waals surface area (Å²) in [6.45, 7) is 6.41. The SMILES string of the molecule is CC(C)CS(=O)(=O)NCCCC(C)Br. The van der Waals surface area contributed by atoms with E-state index in [1.54, 1.807) is 0 Å². The summed E-state index contributed by atoms with van der Waals surface area (Å²) in [6.07, 6.45) is 1.87. The fourth-order valence-corrected chi connectivity index (χ4v) is 2.88. The number of sulfonamides is 1. The maximum absolute atomic E-state index is 11.4. The summed E-state index contributed by atoms with van der Waals surface area (Å²) < 4.78 is 25.3. The van der Waals surface area contributed by atoms with Crippen LogP contribution >= 0.6 is 15.9 Å². The Morgan fingerprint density at radius 3 is 2.29 bits per heavy atom. The zero-order chi connectivity index (χ0) is 11.2. The van der Waals surface area contributed by atoms with Crippen LogP contribution in [0.4, 0.5) is 0 Å². The minimum atomic E-state index is -3.04. The van der Waals surface area contributed by atoms with E-state index < -0.39 is 10.0 Å². The Balaban J connectivity index is 3.67. The molecule has 0 aromatic rings. The topological polar surface area (TPSA) is 46.2 Å². The molecule has 0 spiro atoms. The van der Waals surface area contributed by atoms with Gasteiger partial charge in [0.1, 0.15) is 0 Å². The van der Waals surface area contributed by atoms with E-state index in [0.29, 0.717) is 11.4 Å². The third-order valence-electron chi connectivity index (χ3n) is 1.65. The highest BCUT2D eigenvalue weighted by Crippen LogP contribution is 2.05. The van der Waals surface area contributed by atoms with Gasteiger partial charge in [-0.25, -0.2) is 13.1 Å². The first-order valence-electron chi connectivity index (χ1n) is 4.95. The van der Waals surface area contributed by atoms with Gasteiger partial charge in [-0.15, -0.1) is 0 Å². The molecule has 1 atom stereocenters. The number of hydrogen-bond donors (Lipinski definition) is 1. The Morgan fingerprint density at radius 2 is 1.86 bits per heavy atom. The summed E-state index contributed by atoms with van der Waals surface area (Å²) in [6, 6.07) is 0. The van der Waals surface area contributed by atoms with Crippen LogP contribution in [-0.4, -0.2) is 25.5 Å². The number of alkyl halides is 1. The summed E-state index contributed by atoms with van der Waals surface area (Å²) in [5.41, 5.74) is 0. The van der Waals surface area contributed by atoms with Gasteiger partial charge >= 0.3 is 0 Å². The molecule has 0 saturated carbocycles. The molecule has 0 heterocycles. The average molecular weight is 286 g/mol. The first-order chi connectivity index (χ1) is 6.33. The molecule has 0 bridgehead atoms. The van der Waals surface area contributed by atoms with Crippen LogP contribution in [0.25, 0.3) is 0 Å². The third-order valence-corrected chi connectivity index (χ3v) is 3.86. The van der Waals surface area contributed by atoms with Gasteiger partial charge in [0, 0.05) is 11.4 Å². The molecule has 0 radical (unpaired) electrons. The van der Waals surface area contributed by atoms with Gasteiger partial charge in [-0.05, 0) is 18.8 Å². The van der Waals surface area contributed by atoms with Crippen LogP contribution in [0.3, 0.4) is 0 Å². The van der Waals surface area contributed by atoms with Gasteiger partial charge in [-0.2, -0.15) is 0 Å². The second-order valence-electron chi connectivity index (χ2n) is 3.99. The van der Waals surface area contributed by atoms with E-state index in [2.05, 4.69) is 27.6 Å². The fraction of sp³-hybridized carbons (Fsp3) is 1.00. The van der Waals surface area contributed by atoms with Crippen LogP contribution in [-0.2, 0) is 10.0 Å². The van der Waals surface area contributed by atoms with E-state index in [4.69, 9.17) is 0 Å². The van der Waals surface area contributed by atoms with Crippen molar-refractivity contribution in [1.29, 1.82) is 0 Å². The Hall–Kier alpha value is 0.390. The largest absolute Gasteiger partial charge is 0.215 e. The number of nitrogens with one attached hydrogen (secondary N) is 1. The van der Waals surface area contributed by atoms with E-state index >= 15 is 0 Å². The maximum atomic E-state index is 11.4. The van der Waals surface area contributed by atoms with Gasteiger partial charge in [-0.1, -0.05) is 36.7 Å². The molecule has 1 unspecified atom stereocenters. The molecule has 3 nitrogen and oxygen atoms in total. The Kier molecular flexibility index (Phi) is 6.99. The molecule has 0 aromatic heterocycles. The lowest BCUT2D eigenvalue weighted by Gasteiger charge is -2.08. The van der Waals surface area contributed by atoms with Crippen molar-refractivity contribution in [1.82, 2.24) is 4.72 Å². The lowest BCUT2D eigenvalue weighted by Crippen LogP contribution is -2.29. The number of halogens is 1. The van der Waals surface area contributed by atoms with Crippen LogP contribution in [0, 0.1) is 5.92 Å². The van der Waals surface area contributed by atoms with Gasteiger partial charge in [0.25, 0.3) is 0 Å². The van der Waals surface area contributed by atoms with E-state index in [0.717, 1.165) is 12.8 Å². The molecule has 1 N–H and O–H groups in total. The number of hydrogen-bond acceptors (Lipinski definition) is 2. The van der Waals surface area contributed by atoms with Crippen molar-refractivity contribution in [3.05, 3.63) is 0 Å². The standard InChI is InChI=1S/C9H20BrNO2S/c1-8(2)7-14(12,13)11-6-4-5-9(3)10/h8-9,11H,4-7H2,1-3H3. The predicted molar refractivity (Wildman–Crippen MR) is 64.3 cm³/mol. The summed E-state index contributed by atoms with van der Waals surface area (Å²) in [4.78, 5) is 0.456. The minimum Gasteiger partial charge on any atom is -0.215 e. The average Bonchev–Trinajstić information content (AvgIpc) is 1.95. The molecule has 14 heavy (non-hydrogen) atoms. The molecule has 5 heteroatoms. The molecular weight excluding hydrogens is 266 g/mol. The first kappa shape index (κ1) is 14.4. The summed E-state index contributed by atoms with van der Waals surface area (Å²) in [7, 11) is -3.04. The smallest absolute Gasteiger partial charge is 0.211 e. The second-order valence-corrected chi connectivity index (χ2v) is 7.41. The zero-order valence-corrected chi connectivity index (χ0v) is 11.5. The summed E-state index contributed by atoms with van der Waals surface area (Å²) >= 11 is 3.42. The minimum absolute atomic E-state index is 0.183. The van der Waals surface area contributed by atoms with Crippen molar-refractivity contribution >= 4 is 26.0 Å². The molecule has 0 amide bonds. The van der Waals surface area contributed by atoms with Crippen molar-refractivity contribution in [2.24, 2.45) is 5.92 Å². The van der Waals surface area contributed by atoms with Gasteiger partial charge in [-0.3, -0.25) is 0 Å². The lowest BCUT2D eigenvalue weighted by molar-refractivity contribution is 0.564. The monoisotopic (exact) mass is 285 g/mol. The Bertz CT molecular complexity index is 237. The van der Waals surface area contributed by atoms with Gasteiger partial charge in [0.15, 0.2) is 0 Å². The molecule has 86 valence electrons. The molecule has 0 fully saturated rings. The van der Waals surface area contributed by atoms with E-state index in [1.807, 2.05) is 13.8 Å². The summed E-state index contributed by atoms with van der Waals surface area (Å²) in [5, 5.41) is 0. The molecule has 0 aromatic carbocycles. The van der Waals surface area contributed by atoms with Crippen molar-refractivity contribution < 1.29 is 8.42 Å². The van der Waals surface area contributed by atoms with Crippen LogP contribution in [0.5, 0.6) is 0 Å². The van der Waals surface area contributed by atoms with Gasteiger partial charge in [0.2, 0.25) is 10.0 Å². The predicted octanol–water partition coefficient (Wildman–Crippen LogP) is 2.13. The van der Waals surface area contributed by atoms with Gasteiger partial charge in [0.05, 0.1) is 5.75 Å². The molecule has 0 aliphatic carbocycles. The highest BCUT2D eigenvalue weighted by atomic mass is 79.9. The van der Waals surface area contributed by atoms with Crippen LogP contribution in [0.15, 0.2) is 0 Å². The van der Waals surface area contributed by atoms with E-state index in [1.165, 1.54) is 0 Å². The third kappa shape index (κ3) is 8.97. The zero-order valence-electron chi connectivity index (χ0n) is 9.09. The maximum Gasteiger partial charge on any atom is 0.211 e.